The Hall–Kier alpha value is -1.27. The first-order chi connectivity index (χ1) is 6.36. The number of hydrogen-bond acceptors (Lipinski definition) is 6. The van der Waals surface area contributed by atoms with Crippen molar-refractivity contribution in [2.24, 2.45) is 5.73 Å². The van der Waals surface area contributed by atoms with Gasteiger partial charge in [-0.25, -0.2) is 15.0 Å². The fourth-order valence-electron chi connectivity index (χ4n) is 1.25. The molecule has 1 aliphatic rings. The molecule has 0 aromatic carbocycles. The first kappa shape index (κ1) is 8.33. The van der Waals surface area contributed by atoms with Gasteiger partial charge in [0.15, 0.2) is 0 Å². The van der Waals surface area contributed by atoms with E-state index in [0.29, 0.717) is 19.1 Å². The van der Waals surface area contributed by atoms with Crippen molar-refractivity contribution in [2.75, 3.05) is 24.6 Å². The number of nitrogens with two attached hydrogens (primary N) is 1. The number of aromatic nitrogens is 3. The molecule has 1 atom stereocenters. The van der Waals surface area contributed by atoms with E-state index in [9.17, 15) is 0 Å². The Labute approximate surface area is 75.8 Å². The molecule has 0 spiro atoms. The number of ether oxygens (including phenoxy) is 1. The molecule has 0 aliphatic carbocycles. The smallest absolute Gasteiger partial charge is 0.228 e. The predicted molar refractivity (Wildman–Crippen MR) is 46.0 cm³/mol. The second-order valence-electron chi connectivity index (χ2n) is 2.79. The lowest BCUT2D eigenvalue weighted by Crippen LogP contribution is -2.47. The van der Waals surface area contributed by atoms with Gasteiger partial charge in [-0.15, -0.1) is 0 Å². The van der Waals surface area contributed by atoms with Crippen LogP contribution in [0, 0.1) is 0 Å². The highest BCUT2D eigenvalue weighted by Crippen LogP contribution is 2.08. The van der Waals surface area contributed by atoms with Gasteiger partial charge in [0.2, 0.25) is 5.95 Å². The van der Waals surface area contributed by atoms with E-state index in [1.165, 1.54) is 12.7 Å². The number of nitrogens with zero attached hydrogens (tertiary/aromatic N) is 4. The minimum Gasteiger partial charge on any atom is -0.360 e. The largest absolute Gasteiger partial charge is 0.360 e. The summed E-state index contributed by atoms with van der Waals surface area (Å²) in [5.74, 6) is 0.661. The SMILES string of the molecule is NC1CN(c2ncncn2)CCO1. The summed E-state index contributed by atoms with van der Waals surface area (Å²) in [5.41, 5.74) is 5.63. The van der Waals surface area contributed by atoms with E-state index in [2.05, 4.69) is 15.0 Å². The van der Waals surface area contributed by atoms with E-state index in [1.807, 2.05) is 4.90 Å². The van der Waals surface area contributed by atoms with Gasteiger partial charge in [0, 0.05) is 6.54 Å². The van der Waals surface area contributed by atoms with Crippen molar-refractivity contribution in [1.82, 2.24) is 15.0 Å². The fraction of sp³-hybridized carbons (Fsp3) is 0.571. The normalized spacial score (nSPS) is 23.2. The van der Waals surface area contributed by atoms with Crippen LogP contribution < -0.4 is 10.6 Å². The first-order valence-electron chi connectivity index (χ1n) is 4.10. The topological polar surface area (TPSA) is 77.2 Å². The summed E-state index contributed by atoms with van der Waals surface area (Å²) in [7, 11) is 0. The molecule has 1 aromatic heterocycles. The summed E-state index contributed by atoms with van der Waals surface area (Å²) < 4.78 is 5.19. The molecule has 6 nitrogen and oxygen atoms in total. The Kier molecular flexibility index (Phi) is 2.33. The zero-order valence-electron chi connectivity index (χ0n) is 7.13. The maximum Gasteiger partial charge on any atom is 0.228 e. The molecule has 1 aliphatic heterocycles. The molecule has 2 rings (SSSR count). The van der Waals surface area contributed by atoms with Gasteiger partial charge in [0.1, 0.15) is 18.9 Å². The van der Waals surface area contributed by atoms with Gasteiger partial charge < -0.3 is 15.4 Å². The van der Waals surface area contributed by atoms with Crippen LogP contribution in [-0.2, 0) is 4.74 Å². The summed E-state index contributed by atoms with van der Waals surface area (Å²) in [6, 6.07) is 0. The van der Waals surface area contributed by atoms with Gasteiger partial charge in [0.25, 0.3) is 0 Å². The Morgan fingerprint density at radius 1 is 1.46 bits per heavy atom. The Morgan fingerprint density at radius 3 is 2.92 bits per heavy atom. The van der Waals surface area contributed by atoms with Gasteiger partial charge in [-0.2, -0.15) is 0 Å². The summed E-state index contributed by atoms with van der Waals surface area (Å²) in [6.45, 7) is 2.02. The third-order valence-electron chi connectivity index (χ3n) is 1.86. The van der Waals surface area contributed by atoms with Crippen LogP contribution in [0.4, 0.5) is 5.95 Å². The van der Waals surface area contributed by atoms with Crippen molar-refractivity contribution in [1.29, 1.82) is 0 Å². The molecule has 1 fully saturated rings. The Balaban J connectivity index is 2.08. The highest BCUT2D eigenvalue weighted by molar-refractivity contribution is 5.27. The molecule has 0 amide bonds. The summed E-state index contributed by atoms with van der Waals surface area (Å²) in [5, 5.41) is 0. The highest BCUT2D eigenvalue weighted by atomic mass is 16.5. The first-order valence-corrected chi connectivity index (χ1v) is 4.10. The van der Waals surface area contributed by atoms with E-state index < -0.39 is 0 Å². The second-order valence-corrected chi connectivity index (χ2v) is 2.79. The molecule has 6 heteroatoms. The minimum absolute atomic E-state index is 0.245. The van der Waals surface area contributed by atoms with Crippen LogP contribution in [0.3, 0.4) is 0 Å². The molecule has 1 unspecified atom stereocenters. The maximum atomic E-state index is 5.63. The lowest BCUT2D eigenvalue weighted by molar-refractivity contribution is 0.0445. The quantitative estimate of drug-likeness (QED) is 0.598. The summed E-state index contributed by atoms with van der Waals surface area (Å²) in [4.78, 5) is 13.8. The predicted octanol–water partition coefficient (Wildman–Crippen LogP) is -1.01. The fourth-order valence-corrected chi connectivity index (χ4v) is 1.25. The molecule has 2 N–H and O–H groups in total. The number of hydrogen-bond donors (Lipinski definition) is 1. The van der Waals surface area contributed by atoms with Crippen LogP contribution in [0.5, 0.6) is 0 Å². The van der Waals surface area contributed by atoms with Crippen LogP contribution >= 0.6 is 0 Å². The molecule has 70 valence electrons. The van der Waals surface area contributed by atoms with E-state index >= 15 is 0 Å². The molecule has 1 saturated heterocycles. The number of anilines is 1. The summed E-state index contributed by atoms with van der Waals surface area (Å²) >= 11 is 0. The molecular formula is C7H11N5O. The molecule has 13 heavy (non-hydrogen) atoms. The van der Waals surface area contributed by atoms with Gasteiger partial charge in [-0.05, 0) is 0 Å². The van der Waals surface area contributed by atoms with Crippen molar-refractivity contribution in [3.8, 4) is 0 Å². The Bertz CT molecular complexity index is 267. The van der Waals surface area contributed by atoms with Gasteiger partial charge >= 0.3 is 0 Å². The van der Waals surface area contributed by atoms with Crippen LogP contribution in [0.25, 0.3) is 0 Å². The third kappa shape index (κ3) is 1.90. The van der Waals surface area contributed by atoms with Crippen molar-refractivity contribution in [3.63, 3.8) is 0 Å². The van der Waals surface area contributed by atoms with E-state index in [0.717, 1.165) is 6.54 Å². The lowest BCUT2D eigenvalue weighted by Gasteiger charge is -2.30. The monoisotopic (exact) mass is 181 g/mol. The standard InChI is InChI=1S/C7H11N5O/c8-6-3-12(1-2-13-6)7-10-4-9-5-11-7/h4-6H,1-3,8H2. The molecular weight excluding hydrogens is 170 g/mol. The zero-order valence-corrected chi connectivity index (χ0v) is 7.13. The molecule has 0 saturated carbocycles. The molecule has 0 bridgehead atoms. The lowest BCUT2D eigenvalue weighted by atomic mass is 10.4. The third-order valence-corrected chi connectivity index (χ3v) is 1.86. The van der Waals surface area contributed by atoms with Crippen LogP contribution in [-0.4, -0.2) is 40.9 Å². The second kappa shape index (κ2) is 3.63. The van der Waals surface area contributed by atoms with Crippen LogP contribution in [0.2, 0.25) is 0 Å². The number of rotatable bonds is 1. The highest BCUT2D eigenvalue weighted by Gasteiger charge is 2.18. The van der Waals surface area contributed by atoms with Crippen molar-refractivity contribution in [3.05, 3.63) is 12.7 Å². The van der Waals surface area contributed by atoms with E-state index in [1.54, 1.807) is 0 Å². The number of morpholine rings is 1. The van der Waals surface area contributed by atoms with Crippen LogP contribution in [0.1, 0.15) is 0 Å². The van der Waals surface area contributed by atoms with E-state index in [4.69, 9.17) is 10.5 Å². The summed E-state index contributed by atoms with van der Waals surface area (Å²) in [6.07, 6.45) is 2.71. The van der Waals surface area contributed by atoms with Crippen molar-refractivity contribution < 1.29 is 4.74 Å². The molecule has 0 radical (unpaired) electrons. The Morgan fingerprint density at radius 2 is 2.23 bits per heavy atom. The van der Waals surface area contributed by atoms with Gasteiger partial charge in [-0.1, -0.05) is 0 Å². The van der Waals surface area contributed by atoms with Crippen LogP contribution in [0.15, 0.2) is 12.7 Å². The molecule has 2 heterocycles. The zero-order chi connectivity index (χ0) is 9.10. The average molecular weight is 181 g/mol. The van der Waals surface area contributed by atoms with Crippen molar-refractivity contribution in [2.45, 2.75) is 6.23 Å². The maximum absolute atomic E-state index is 5.63. The minimum atomic E-state index is -0.245. The van der Waals surface area contributed by atoms with Gasteiger partial charge in [-0.3, -0.25) is 0 Å². The average Bonchev–Trinajstić information content (AvgIpc) is 2.19. The van der Waals surface area contributed by atoms with Gasteiger partial charge in [0.05, 0.1) is 13.2 Å². The van der Waals surface area contributed by atoms with Crippen molar-refractivity contribution >= 4 is 5.95 Å². The van der Waals surface area contributed by atoms with E-state index in [-0.39, 0.29) is 6.23 Å². The molecule has 1 aromatic rings.